The first kappa shape index (κ1) is 22.7. The number of imide groups is 1. The number of fused-ring (bicyclic) bond motifs is 1. The van der Waals surface area contributed by atoms with E-state index < -0.39 is 12.0 Å². The topological polar surface area (TPSA) is 135 Å². The molecule has 1 aromatic carbocycles. The first-order valence-corrected chi connectivity index (χ1v) is 11.7. The van der Waals surface area contributed by atoms with Crippen LogP contribution >= 0.6 is 0 Å². The number of anilines is 2. The van der Waals surface area contributed by atoms with E-state index in [1.54, 1.807) is 29.2 Å². The third-order valence-electron chi connectivity index (χ3n) is 6.84. The molecule has 3 heterocycles. The Morgan fingerprint density at radius 2 is 1.97 bits per heavy atom. The number of carbonyl (C=O) groups is 4. The molecule has 0 unspecified atom stereocenters. The quantitative estimate of drug-likeness (QED) is 0.472. The van der Waals surface area contributed by atoms with Crippen molar-refractivity contribution in [3.05, 3.63) is 46.3 Å². The molecular weight excluding hydrogens is 450 g/mol. The molecule has 0 atom stereocenters. The molecule has 1 aromatic heterocycles. The van der Waals surface area contributed by atoms with Gasteiger partial charge in [0.25, 0.3) is 5.91 Å². The highest BCUT2D eigenvalue weighted by molar-refractivity contribution is 6.35. The molecule has 1 saturated heterocycles. The summed E-state index contributed by atoms with van der Waals surface area (Å²) in [5.74, 6) is -1.12. The Morgan fingerprint density at radius 3 is 2.69 bits per heavy atom. The molecule has 2 aromatic rings. The van der Waals surface area contributed by atoms with Gasteiger partial charge in [-0.2, -0.15) is 0 Å². The number of rotatable bonds is 6. The number of amides is 5. The average Bonchev–Trinajstić information content (AvgIpc) is 3.42. The van der Waals surface area contributed by atoms with Gasteiger partial charge in [0.1, 0.15) is 0 Å². The van der Waals surface area contributed by atoms with Crippen LogP contribution in [0.15, 0.2) is 18.2 Å². The van der Waals surface area contributed by atoms with Gasteiger partial charge in [0, 0.05) is 48.2 Å². The molecule has 3 aliphatic rings. The van der Waals surface area contributed by atoms with Crippen molar-refractivity contribution < 1.29 is 24.3 Å². The predicted molar refractivity (Wildman–Crippen MR) is 130 cm³/mol. The highest BCUT2D eigenvalue weighted by Gasteiger charge is 2.41. The Kier molecular flexibility index (Phi) is 5.58. The van der Waals surface area contributed by atoms with Gasteiger partial charge in [0.05, 0.1) is 11.3 Å². The fourth-order valence-corrected chi connectivity index (χ4v) is 4.78. The van der Waals surface area contributed by atoms with Crippen molar-refractivity contribution >= 4 is 47.0 Å². The van der Waals surface area contributed by atoms with E-state index in [9.17, 15) is 19.2 Å². The highest BCUT2D eigenvalue weighted by atomic mass is 16.4. The van der Waals surface area contributed by atoms with Crippen molar-refractivity contribution in [2.45, 2.75) is 45.6 Å². The van der Waals surface area contributed by atoms with E-state index in [2.05, 4.69) is 15.6 Å². The number of nitrogens with zero attached hydrogens (tertiary/aromatic N) is 2. The minimum absolute atomic E-state index is 0.0367. The second kappa shape index (κ2) is 8.61. The van der Waals surface area contributed by atoms with Gasteiger partial charge in [-0.15, -0.1) is 0 Å². The number of aryl methyl sites for hydroxylation is 1. The van der Waals surface area contributed by atoms with Crippen molar-refractivity contribution in [3.63, 3.8) is 0 Å². The fourth-order valence-electron chi connectivity index (χ4n) is 4.78. The molecular formula is C25H27N5O5. The second-order valence-corrected chi connectivity index (χ2v) is 9.22. The van der Waals surface area contributed by atoms with Gasteiger partial charge in [-0.3, -0.25) is 9.59 Å². The summed E-state index contributed by atoms with van der Waals surface area (Å²) in [7, 11) is 0. The van der Waals surface area contributed by atoms with Crippen LogP contribution in [0.2, 0.25) is 0 Å². The lowest BCUT2D eigenvalue weighted by Crippen LogP contribution is -2.39. The number of benzene rings is 1. The number of H-pyrrole nitrogens is 1. The summed E-state index contributed by atoms with van der Waals surface area (Å²) in [5.41, 5.74) is 5.71. The predicted octanol–water partition coefficient (Wildman–Crippen LogP) is 3.57. The minimum atomic E-state index is -0.855. The van der Waals surface area contributed by atoms with Crippen LogP contribution in [0, 0.1) is 13.8 Å². The summed E-state index contributed by atoms with van der Waals surface area (Å²) in [6.07, 6.45) is 4.20. The Balaban J connectivity index is 1.33. The summed E-state index contributed by atoms with van der Waals surface area (Å²) in [6.45, 7) is 4.71. The maximum Gasteiger partial charge on any atom is 0.330 e. The van der Waals surface area contributed by atoms with Gasteiger partial charge in [-0.25, -0.2) is 14.5 Å². The van der Waals surface area contributed by atoms with E-state index in [4.69, 9.17) is 5.11 Å². The molecule has 1 saturated carbocycles. The SMILES string of the molecule is Cc1[nH]c(C=C2C(=O)Nc3cc(NC(=O)N4CCN(C5CC5)C4=O)ccc32)c(C)c1CCC(=O)O. The molecule has 2 aliphatic heterocycles. The molecule has 0 bridgehead atoms. The number of aliphatic carboxylic acids is 1. The number of carbonyl (C=O) groups excluding carboxylic acids is 3. The number of carboxylic acid groups (broad SMARTS) is 1. The zero-order valence-electron chi connectivity index (χ0n) is 19.6. The molecule has 10 nitrogen and oxygen atoms in total. The Bertz CT molecular complexity index is 1290. The molecule has 0 spiro atoms. The van der Waals surface area contributed by atoms with Crippen LogP contribution in [0.4, 0.5) is 21.0 Å². The van der Waals surface area contributed by atoms with Crippen molar-refractivity contribution in [3.8, 4) is 0 Å². The van der Waals surface area contributed by atoms with E-state index in [0.717, 1.165) is 35.4 Å². The standard InChI is InChI=1S/C25H27N5O5/c1-13-17(7-8-22(31)32)14(2)26-20(13)12-19-18-6-3-15(11-21(18)28-23(19)33)27-24(34)30-10-9-29(25(30)35)16-4-5-16/h3,6,11-12,16,26H,4-5,7-10H2,1-2H3,(H,27,34)(H,28,33)(H,31,32). The maximum atomic E-state index is 12.7. The molecule has 5 amide bonds. The summed E-state index contributed by atoms with van der Waals surface area (Å²) in [4.78, 5) is 55.1. The van der Waals surface area contributed by atoms with Crippen LogP contribution in [0.1, 0.15) is 47.3 Å². The second-order valence-electron chi connectivity index (χ2n) is 9.22. The third kappa shape index (κ3) is 4.27. The van der Waals surface area contributed by atoms with Crippen LogP contribution in [0.3, 0.4) is 0 Å². The van der Waals surface area contributed by atoms with Crippen LogP contribution in [0.5, 0.6) is 0 Å². The van der Waals surface area contributed by atoms with Crippen LogP contribution in [-0.2, 0) is 16.0 Å². The van der Waals surface area contributed by atoms with Crippen molar-refractivity contribution in [1.29, 1.82) is 0 Å². The largest absolute Gasteiger partial charge is 0.481 e. The fraction of sp³-hybridized carbons (Fsp3) is 0.360. The van der Waals surface area contributed by atoms with E-state index in [1.165, 1.54) is 4.90 Å². The van der Waals surface area contributed by atoms with E-state index in [0.29, 0.717) is 42.0 Å². The minimum Gasteiger partial charge on any atom is -0.481 e. The van der Waals surface area contributed by atoms with Crippen molar-refractivity contribution in [2.75, 3.05) is 23.7 Å². The Labute approximate surface area is 202 Å². The lowest BCUT2D eigenvalue weighted by molar-refractivity contribution is -0.137. The van der Waals surface area contributed by atoms with Crippen molar-refractivity contribution in [1.82, 2.24) is 14.8 Å². The molecule has 4 N–H and O–H groups in total. The van der Waals surface area contributed by atoms with Gasteiger partial charge in [-0.05, 0) is 62.4 Å². The molecule has 10 heteroatoms. The lowest BCUT2D eigenvalue weighted by Gasteiger charge is -2.17. The molecule has 182 valence electrons. The number of carboxylic acids is 1. The van der Waals surface area contributed by atoms with Gasteiger partial charge >= 0.3 is 18.0 Å². The van der Waals surface area contributed by atoms with Crippen LogP contribution in [0.25, 0.3) is 11.6 Å². The van der Waals surface area contributed by atoms with Gasteiger partial charge in [-0.1, -0.05) is 6.07 Å². The normalized spacial score (nSPS) is 18.3. The van der Waals surface area contributed by atoms with E-state index >= 15 is 0 Å². The maximum absolute atomic E-state index is 12.7. The summed E-state index contributed by atoms with van der Waals surface area (Å²) in [5, 5.41) is 14.6. The summed E-state index contributed by atoms with van der Waals surface area (Å²) >= 11 is 0. The number of hydrogen-bond acceptors (Lipinski definition) is 4. The zero-order valence-corrected chi connectivity index (χ0v) is 19.6. The number of aromatic amines is 1. The molecule has 0 radical (unpaired) electrons. The average molecular weight is 478 g/mol. The lowest BCUT2D eigenvalue weighted by atomic mass is 10.0. The van der Waals surface area contributed by atoms with Gasteiger partial charge in [0.2, 0.25) is 0 Å². The Hall–Kier alpha value is -4.08. The molecule has 1 aliphatic carbocycles. The number of aromatic nitrogens is 1. The number of hydrogen-bond donors (Lipinski definition) is 4. The molecule has 35 heavy (non-hydrogen) atoms. The van der Waals surface area contributed by atoms with E-state index in [-0.39, 0.29) is 24.4 Å². The third-order valence-corrected chi connectivity index (χ3v) is 6.84. The zero-order chi connectivity index (χ0) is 24.9. The summed E-state index contributed by atoms with van der Waals surface area (Å²) in [6, 6.07) is 4.66. The van der Waals surface area contributed by atoms with Gasteiger partial charge < -0.3 is 25.6 Å². The first-order valence-electron chi connectivity index (χ1n) is 11.7. The van der Waals surface area contributed by atoms with E-state index in [1.807, 2.05) is 13.8 Å². The highest BCUT2D eigenvalue weighted by Crippen LogP contribution is 2.36. The molecule has 2 fully saturated rings. The summed E-state index contributed by atoms with van der Waals surface area (Å²) < 4.78 is 0. The first-order chi connectivity index (χ1) is 16.7. The Morgan fingerprint density at radius 1 is 1.20 bits per heavy atom. The smallest absolute Gasteiger partial charge is 0.330 e. The van der Waals surface area contributed by atoms with Crippen LogP contribution < -0.4 is 10.6 Å². The molecule has 5 rings (SSSR count). The van der Waals surface area contributed by atoms with Gasteiger partial charge in [0.15, 0.2) is 0 Å². The van der Waals surface area contributed by atoms with Crippen molar-refractivity contribution in [2.24, 2.45) is 0 Å². The number of urea groups is 2. The monoisotopic (exact) mass is 477 g/mol. The van der Waals surface area contributed by atoms with Crippen LogP contribution in [-0.4, -0.2) is 63.0 Å². The number of nitrogens with one attached hydrogen (secondary N) is 3.